The minimum atomic E-state index is 1.27. The van der Waals surface area contributed by atoms with E-state index in [0.717, 1.165) is 0 Å². The van der Waals surface area contributed by atoms with Crippen LogP contribution in [0.15, 0.2) is 22.4 Å². The first kappa shape index (κ1) is 23.6. The Labute approximate surface area is 202 Å². The highest BCUT2D eigenvalue weighted by Crippen LogP contribution is 2.47. The van der Waals surface area contributed by atoms with Crippen molar-refractivity contribution in [3.63, 3.8) is 0 Å². The predicted octanol–water partition coefficient (Wildman–Crippen LogP) is 10.8. The van der Waals surface area contributed by atoms with E-state index in [9.17, 15) is 0 Å². The van der Waals surface area contributed by atoms with Gasteiger partial charge in [0.15, 0.2) is 0 Å². The van der Waals surface area contributed by atoms with E-state index in [1.54, 1.807) is 30.1 Å². The molecule has 1 aliphatic rings. The molecule has 3 aromatic rings. The van der Waals surface area contributed by atoms with Gasteiger partial charge in [0, 0.05) is 35.7 Å². The second kappa shape index (κ2) is 12.7. The summed E-state index contributed by atoms with van der Waals surface area (Å²) in [5.74, 6) is 1.27. The number of hydrogen-bond donors (Lipinski definition) is 0. The van der Waals surface area contributed by atoms with Crippen LogP contribution >= 0.6 is 34.4 Å². The summed E-state index contributed by atoms with van der Waals surface area (Å²) in [5, 5.41) is 5.34. The van der Waals surface area contributed by atoms with Gasteiger partial charge in [-0.25, -0.2) is 0 Å². The van der Waals surface area contributed by atoms with Crippen LogP contribution in [0.4, 0.5) is 0 Å². The molecule has 170 valence electrons. The molecule has 0 saturated heterocycles. The number of fused-ring (bicyclic) bond motifs is 6. The molecular weight excluding hydrogens is 433 g/mol. The first-order chi connectivity index (χ1) is 15.4. The van der Waals surface area contributed by atoms with Gasteiger partial charge in [-0.1, -0.05) is 90.4 Å². The third-order valence-corrected chi connectivity index (χ3v) is 10.3. The Hall–Kier alpha value is -0.510. The highest BCUT2D eigenvalue weighted by atomic mass is 32.2. The third-order valence-electron chi connectivity index (χ3n) is 6.87. The zero-order valence-electron chi connectivity index (χ0n) is 19.5. The summed E-state index contributed by atoms with van der Waals surface area (Å²) < 4.78 is 3.15. The van der Waals surface area contributed by atoms with Crippen LogP contribution in [0.5, 0.6) is 0 Å². The topological polar surface area (TPSA) is 0 Å². The van der Waals surface area contributed by atoms with Crippen LogP contribution in [0.2, 0.25) is 0 Å². The molecule has 0 aliphatic carbocycles. The molecule has 0 atom stereocenters. The fraction of sp³-hybridized carbons (Fsp3) is 0.643. The maximum absolute atomic E-state index is 2.53. The fourth-order valence-electron chi connectivity index (χ4n) is 5.06. The molecule has 0 amide bonds. The van der Waals surface area contributed by atoms with Crippen molar-refractivity contribution in [1.82, 2.24) is 0 Å². The number of thiophene rings is 2. The predicted molar refractivity (Wildman–Crippen MR) is 146 cm³/mol. The van der Waals surface area contributed by atoms with Crippen molar-refractivity contribution in [3.8, 4) is 0 Å². The highest BCUT2D eigenvalue weighted by molar-refractivity contribution is 8.00. The lowest BCUT2D eigenvalue weighted by atomic mass is 10.0. The molecule has 3 heteroatoms. The zero-order chi connectivity index (χ0) is 21.3. The Balaban J connectivity index is 1.11. The third kappa shape index (κ3) is 6.30. The smallest absolute Gasteiger partial charge is 0.0488 e. The van der Waals surface area contributed by atoms with Crippen molar-refractivity contribution in [2.45, 2.75) is 115 Å². The van der Waals surface area contributed by atoms with Gasteiger partial charge in [-0.2, -0.15) is 0 Å². The molecule has 0 fully saturated rings. The normalized spacial score (nSPS) is 13.6. The van der Waals surface area contributed by atoms with Crippen LogP contribution in [0.1, 0.15) is 107 Å². The molecule has 31 heavy (non-hydrogen) atoms. The fourth-order valence-corrected chi connectivity index (χ4v) is 8.74. The Kier molecular flexibility index (Phi) is 9.65. The lowest BCUT2D eigenvalue weighted by Crippen LogP contribution is -1.84. The molecule has 4 rings (SSSR count). The summed E-state index contributed by atoms with van der Waals surface area (Å²) in [5.41, 5.74) is 1.66. The lowest BCUT2D eigenvalue weighted by Gasteiger charge is -2.03. The maximum atomic E-state index is 2.53. The molecular formula is C28H40S3. The Bertz CT molecular complexity index is 933. The number of benzene rings is 1. The molecule has 0 radical (unpaired) electrons. The summed E-state index contributed by atoms with van der Waals surface area (Å²) in [4.78, 5) is 3.22. The van der Waals surface area contributed by atoms with Gasteiger partial charge in [0.2, 0.25) is 0 Å². The van der Waals surface area contributed by atoms with Crippen molar-refractivity contribution in [2.24, 2.45) is 0 Å². The minimum Gasteiger partial charge on any atom is -0.143 e. The van der Waals surface area contributed by atoms with Gasteiger partial charge in [-0.3, -0.25) is 0 Å². The first-order valence-electron chi connectivity index (χ1n) is 13.0. The number of thioether (sulfide) groups is 1. The monoisotopic (exact) mass is 472 g/mol. The molecule has 0 N–H and O–H groups in total. The van der Waals surface area contributed by atoms with E-state index in [4.69, 9.17) is 0 Å². The van der Waals surface area contributed by atoms with Gasteiger partial charge in [-0.15, -0.1) is 34.4 Å². The van der Waals surface area contributed by atoms with E-state index in [2.05, 4.69) is 47.5 Å². The van der Waals surface area contributed by atoms with Crippen LogP contribution in [0, 0.1) is 0 Å². The van der Waals surface area contributed by atoms with Crippen LogP contribution in [0.3, 0.4) is 0 Å². The van der Waals surface area contributed by atoms with Gasteiger partial charge in [0.25, 0.3) is 0 Å². The molecule has 0 nitrogen and oxygen atoms in total. The molecule has 1 aromatic carbocycles. The number of hydrogen-bond acceptors (Lipinski definition) is 3. The van der Waals surface area contributed by atoms with Crippen molar-refractivity contribution >= 4 is 54.6 Å². The molecule has 3 heterocycles. The van der Waals surface area contributed by atoms with Gasteiger partial charge < -0.3 is 0 Å². The van der Waals surface area contributed by atoms with E-state index in [0.29, 0.717) is 0 Å². The standard InChI is InChI=1S/C28H40S3/c1-2-3-4-5-6-7-8-9-10-11-12-13-14-15-16-22-21-25-23-17-19-29-27(23)28-24(18-20-30-28)26(25)31-22/h17,19,21H,2-16,18,20H2,1H3. The van der Waals surface area contributed by atoms with Gasteiger partial charge >= 0.3 is 0 Å². The van der Waals surface area contributed by atoms with Crippen molar-refractivity contribution in [3.05, 3.63) is 28.0 Å². The van der Waals surface area contributed by atoms with Crippen molar-refractivity contribution < 1.29 is 0 Å². The average Bonchev–Trinajstić information content (AvgIpc) is 3.51. The van der Waals surface area contributed by atoms with Gasteiger partial charge in [0.1, 0.15) is 0 Å². The van der Waals surface area contributed by atoms with Gasteiger partial charge in [0.05, 0.1) is 0 Å². The van der Waals surface area contributed by atoms with Gasteiger partial charge in [-0.05, 0) is 42.3 Å². The molecule has 0 unspecified atom stereocenters. The van der Waals surface area contributed by atoms with Crippen LogP contribution in [-0.2, 0) is 12.8 Å². The van der Waals surface area contributed by atoms with E-state index in [1.165, 1.54) is 114 Å². The summed E-state index contributed by atoms with van der Waals surface area (Å²) in [7, 11) is 0. The molecule has 0 saturated carbocycles. The zero-order valence-corrected chi connectivity index (χ0v) is 21.9. The maximum Gasteiger partial charge on any atom is 0.0488 e. The average molecular weight is 473 g/mol. The second-order valence-electron chi connectivity index (χ2n) is 9.37. The minimum absolute atomic E-state index is 1.27. The second-order valence-corrected chi connectivity index (χ2v) is 12.5. The van der Waals surface area contributed by atoms with E-state index in [-0.39, 0.29) is 0 Å². The molecule has 1 aliphatic heterocycles. The quantitative estimate of drug-likeness (QED) is 0.198. The SMILES string of the molecule is CCCCCCCCCCCCCCCCc1cc2c(s1)c1c(c3sccc32)SCC1. The number of rotatable bonds is 15. The lowest BCUT2D eigenvalue weighted by molar-refractivity contribution is 0.536. The first-order valence-corrected chi connectivity index (χ1v) is 15.6. The van der Waals surface area contributed by atoms with Crippen LogP contribution in [-0.4, -0.2) is 5.75 Å². The summed E-state index contributed by atoms with van der Waals surface area (Å²) in [6.45, 7) is 2.30. The van der Waals surface area contributed by atoms with Crippen LogP contribution in [0.25, 0.3) is 20.2 Å². The van der Waals surface area contributed by atoms with Crippen molar-refractivity contribution in [1.29, 1.82) is 0 Å². The summed E-state index contributed by atoms with van der Waals surface area (Å²) in [6.07, 6.45) is 22.7. The largest absolute Gasteiger partial charge is 0.143 e. The molecule has 0 bridgehead atoms. The van der Waals surface area contributed by atoms with Crippen molar-refractivity contribution in [2.75, 3.05) is 5.75 Å². The summed E-state index contributed by atoms with van der Waals surface area (Å²) in [6, 6.07) is 4.88. The van der Waals surface area contributed by atoms with E-state index >= 15 is 0 Å². The van der Waals surface area contributed by atoms with Crippen LogP contribution < -0.4 is 0 Å². The Morgan fingerprint density at radius 3 is 2.06 bits per heavy atom. The Morgan fingerprint density at radius 1 is 0.742 bits per heavy atom. The van der Waals surface area contributed by atoms with E-state index in [1.807, 2.05) is 11.3 Å². The van der Waals surface area contributed by atoms with E-state index < -0.39 is 0 Å². The molecule has 0 spiro atoms. The number of aryl methyl sites for hydroxylation is 2. The highest BCUT2D eigenvalue weighted by Gasteiger charge is 2.21. The Morgan fingerprint density at radius 2 is 1.39 bits per heavy atom. The summed E-state index contributed by atoms with van der Waals surface area (Å²) >= 11 is 6.12. The molecule has 2 aromatic heterocycles. The number of unbranched alkanes of at least 4 members (excludes halogenated alkanes) is 13.